The lowest BCUT2D eigenvalue weighted by Crippen LogP contribution is -2.33. The van der Waals surface area contributed by atoms with E-state index in [9.17, 15) is 20.0 Å². The van der Waals surface area contributed by atoms with E-state index in [1.807, 2.05) is 37.3 Å². The predicted octanol–water partition coefficient (Wildman–Crippen LogP) is 2.47. The van der Waals surface area contributed by atoms with Gasteiger partial charge in [-0.15, -0.1) is 0 Å². The van der Waals surface area contributed by atoms with Gasteiger partial charge < -0.3 is 14.8 Å². The standard InChI is InChI=1S/C16H18N2O5/c1-11(16(20)12-5-3-2-4-6-12)17-10-9-13(19)14-7-8-15(23-14)18(21)22/h2-8,11,16-17,20H,9-10H2,1H3. The third-order valence-electron chi connectivity index (χ3n) is 3.48. The number of nitrogens with one attached hydrogen (secondary N) is 1. The van der Waals surface area contributed by atoms with Gasteiger partial charge in [-0.05, 0) is 18.6 Å². The van der Waals surface area contributed by atoms with Crippen molar-refractivity contribution in [2.24, 2.45) is 0 Å². The van der Waals surface area contributed by atoms with E-state index in [0.29, 0.717) is 6.54 Å². The first-order chi connectivity index (χ1) is 11.0. The smallest absolute Gasteiger partial charge is 0.397 e. The van der Waals surface area contributed by atoms with E-state index in [1.165, 1.54) is 6.07 Å². The van der Waals surface area contributed by atoms with Crippen LogP contribution in [0.3, 0.4) is 0 Å². The first-order valence-electron chi connectivity index (χ1n) is 7.23. The summed E-state index contributed by atoms with van der Waals surface area (Å²) in [6.07, 6.45) is -0.563. The molecule has 1 heterocycles. The average molecular weight is 318 g/mol. The second kappa shape index (κ2) is 7.66. The summed E-state index contributed by atoms with van der Waals surface area (Å²) in [6, 6.07) is 11.4. The van der Waals surface area contributed by atoms with E-state index in [0.717, 1.165) is 11.6 Å². The molecule has 0 radical (unpaired) electrons. The number of benzene rings is 1. The Morgan fingerprint density at radius 2 is 2.00 bits per heavy atom. The molecule has 2 N–H and O–H groups in total. The third kappa shape index (κ3) is 4.48. The molecule has 0 fully saturated rings. The highest BCUT2D eigenvalue weighted by atomic mass is 16.6. The quantitative estimate of drug-likeness (QED) is 0.440. The largest absolute Gasteiger partial charge is 0.433 e. The number of carbonyl (C=O) groups is 1. The molecular formula is C16H18N2O5. The van der Waals surface area contributed by atoms with Crippen LogP contribution in [-0.2, 0) is 0 Å². The lowest BCUT2D eigenvalue weighted by Gasteiger charge is -2.20. The van der Waals surface area contributed by atoms with Gasteiger partial charge in [0, 0.05) is 19.0 Å². The van der Waals surface area contributed by atoms with Crippen LogP contribution in [-0.4, -0.2) is 28.4 Å². The summed E-state index contributed by atoms with van der Waals surface area (Å²) in [6.45, 7) is 2.15. The molecule has 0 saturated carbocycles. The number of nitrogens with zero attached hydrogens (tertiary/aromatic N) is 1. The van der Waals surface area contributed by atoms with Gasteiger partial charge in [0.1, 0.15) is 4.92 Å². The summed E-state index contributed by atoms with van der Waals surface area (Å²) >= 11 is 0. The highest BCUT2D eigenvalue weighted by Crippen LogP contribution is 2.18. The molecule has 7 nitrogen and oxygen atoms in total. The van der Waals surface area contributed by atoms with Crippen LogP contribution in [0.15, 0.2) is 46.9 Å². The fourth-order valence-electron chi connectivity index (χ4n) is 2.16. The molecule has 0 aliphatic heterocycles. The van der Waals surface area contributed by atoms with Crippen LogP contribution in [0.25, 0.3) is 0 Å². The Labute approximate surface area is 133 Å². The van der Waals surface area contributed by atoms with Crippen molar-refractivity contribution in [3.05, 3.63) is 63.9 Å². The van der Waals surface area contributed by atoms with Gasteiger partial charge in [0.15, 0.2) is 11.5 Å². The van der Waals surface area contributed by atoms with Crippen LogP contribution in [0, 0.1) is 10.1 Å². The maximum absolute atomic E-state index is 11.9. The molecule has 23 heavy (non-hydrogen) atoms. The lowest BCUT2D eigenvalue weighted by molar-refractivity contribution is -0.402. The van der Waals surface area contributed by atoms with Gasteiger partial charge in [0.2, 0.25) is 0 Å². The molecule has 2 aromatic rings. The fourth-order valence-corrected chi connectivity index (χ4v) is 2.16. The second-order valence-electron chi connectivity index (χ2n) is 5.17. The number of aliphatic hydroxyl groups is 1. The number of furan rings is 1. The number of hydrogen-bond donors (Lipinski definition) is 2. The van der Waals surface area contributed by atoms with Crippen molar-refractivity contribution in [2.45, 2.75) is 25.5 Å². The predicted molar refractivity (Wildman–Crippen MR) is 83.2 cm³/mol. The Morgan fingerprint density at radius 1 is 1.30 bits per heavy atom. The minimum Gasteiger partial charge on any atom is -0.397 e. The summed E-state index contributed by atoms with van der Waals surface area (Å²) in [5, 5.41) is 23.8. The summed E-state index contributed by atoms with van der Waals surface area (Å²) in [5.74, 6) is -0.809. The number of aliphatic hydroxyl groups excluding tert-OH is 1. The van der Waals surface area contributed by atoms with Crippen molar-refractivity contribution < 1.29 is 19.2 Å². The van der Waals surface area contributed by atoms with Crippen molar-refractivity contribution in [3.63, 3.8) is 0 Å². The van der Waals surface area contributed by atoms with Crippen molar-refractivity contribution >= 4 is 11.7 Å². The Bertz CT molecular complexity index is 668. The molecule has 0 aliphatic carbocycles. The third-order valence-corrected chi connectivity index (χ3v) is 3.48. The van der Waals surface area contributed by atoms with E-state index >= 15 is 0 Å². The maximum atomic E-state index is 11.9. The van der Waals surface area contributed by atoms with Crippen molar-refractivity contribution in [3.8, 4) is 0 Å². The first kappa shape index (κ1) is 16.9. The molecule has 2 unspecified atom stereocenters. The lowest BCUT2D eigenvalue weighted by atomic mass is 10.0. The van der Waals surface area contributed by atoms with Gasteiger partial charge in [-0.1, -0.05) is 30.3 Å². The van der Waals surface area contributed by atoms with Crippen LogP contribution >= 0.6 is 0 Å². The second-order valence-corrected chi connectivity index (χ2v) is 5.17. The summed E-state index contributed by atoms with van der Waals surface area (Å²) in [7, 11) is 0. The zero-order chi connectivity index (χ0) is 16.8. The van der Waals surface area contributed by atoms with Crippen molar-refractivity contribution in [2.75, 3.05) is 6.54 Å². The monoisotopic (exact) mass is 318 g/mol. The van der Waals surface area contributed by atoms with Crippen molar-refractivity contribution in [1.29, 1.82) is 0 Å². The zero-order valence-electron chi connectivity index (χ0n) is 12.6. The highest BCUT2D eigenvalue weighted by molar-refractivity contribution is 5.93. The number of nitro groups is 1. The Balaban J connectivity index is 1.81. The molecular weight excluding hydrogens is 300 g/mol. The van der Waals surface area contributed by atoms with Crippen LogP contribution < -0.4 is 5.32 Å². The Hall–Kier alpha value is -2.51. The average Bonchev–Trinajstić information content (AvgIpc) is 3.05. The number of Topliss-reactive ketones (excluding diaryl/α,β-unsaturated/α-hetero) is 1. The molecule has 0 aliphatic rings. The fraction of sp³-hybridized carbons (Fsp3) is 0.312. The van der Waals surface area contributed by atoms with E-state index in [2.05, 4.69) is 5.32 Å². The maximum Gasteiger partial charge on any atom is 0.433 e. The van der Waals surface area contributed by atoms with E-state index in [-0.39, 0.29) is 24.0 Å². The molecule has 2 atom stereocenters. The molecule has 1 aromatic carbocycles. The molecule has 0 saturated heterocycles. The molecule has 7 heteroatoms. The van der Waals surface area contributed by atoms with E-state index < -0.39 is 16.9 Å². The van der Waals surface area contributed by atoms with Crippen LogP contribution in [0.1, 0.15) is 35.6 Å². The summed E-state index contributed by atoms with van der Waals surface area (Å²) < 4.78 is 4.86. The van der Waals surface area contributed by atoms with Gasteiger partial charge in [-0.25, -0.2) is 0 Å². The summed E-state index contributed by atoms with van der Waals surface area (Å²) in [5.41, 5.74) is 0.792. The molecule has 1 aromatic heterocycles. The minimum atomic E-state index is -0.687. The highest BCUT2D eigenvalue weighted by Gasteiger charge is 2.19. The molecule has 0 amide bonds. The zero-order valence-corrected chi connectivity index (χ0v) is 12.6. The van der Waals surface area contributed by atoms with Crippen molar-refractivity contribution in [1.82, 2.24) is 5.32 Å². The van der Waals surface area contributed by atoms with E-state index in [4.69, 9.17) is 4.42 Å². The summed E-state index contributed by atoms with van der Waals surface area (Å²) in [4.78, 5) is 21.7. The van der Waals surface area contributed by atoms with Gasteiger partial charge in [0.25, 0.3) is 0 Å². The van der Waals surface area contributed by atoms with Crippen LogP contribution in [0.4, 0.5) is 5.88 Å². The Kier molecular flexibility index (Phi) is 5.61. The normalized spacial score (nSPS) is 13.5. The first-order valence-corrected chi connectivity index (χ1v) is 7.23. The van der Waals surface area contributed by atoms with Crippen LogP contribution in [0.5, 0.6) is 0 Å². The van der Waals surface area contributed by atoms with Crippen LogP contribution in [0.2, 0.25) is 0 Å². The number of carbonyl (C=O) groups excluding carboxylic acids is 1. The number of rotatable bonds is 8. The minimum absolute atomic E-state index is 0.0326. The number of hydrogen-bond acceptors (Lipinski definition) is 6. The van der Waals surface area contributed by atoms with Gasteiger partial charge in [-0.2, -0.15) is 0 Å². The topological polar surface area (TPSA) is 106 Å². The molecule has 122 valence electrons. The van der Waals surface area contributed by atoms with Gasteiger partial charge in [-0.3, -0.25) is 14.9 Å². The molecule has 0 bridgehead atoms. The SMILES string of the molecule is CC(NCCC(=O)c1ccc([N+](=O)[O-])o1)C(O)c1ccccc1. The molecule has 0 spiro atoms. The molecule has 2 rings (SSSR count). The Morgan fingerprint density at radius 3 is 2.61 bits per heavy atom. The van der Waals surface area contributed by atoms with Gasteiger partial charge in [0.05, 0.1) is 12.2 Å². The van der Waals surface area contributed by atoms with Gasteiger partial charge >= 0.3 is 5.88 Å². The number of ketones is 1. The van der Waals surface area contributed by atoms with E-state index in [1.54, 1.807) is 0 Å².